The number of hydrogen-bond acceptors (Lipinski definition) is 2. The van der Waals surface area contributed by atoms with Crippen LogP contribution in [0.5, 0.6) is 0 Å². The van der Waals surface area contributed by atoms with Crippen LogP contribution in [0.2, 0.25) is 0 Å². The van der Waals surface area contributed by atoms with Crippen molar-refractivity contribution in [2.45, 2.75) is 41.0 Å². The lowest BCUT2D eigenvalue weighted by Gasteiger charge is -2.12. The molecule has 0 aliphatic carbocycles. The van der Waals surface area contributed by atoms with Gasteiger partial charge in [-0.15, -0.1) is 0 Å². The summed E-state index contributed by atoms with van der Waals surface area (Å²) in [6, 6.07) is 3.89. The smallest absolute Gasteiger partial charge is 0.221 e. The van der Waals surface area contributed by atoms with Crippen LogP contribution in [0.1, 0.15) is 38.8 Å². The molecule has 3 nitrogen and oxygen atoms in total. The number of amides is 1. The molecule has 0 fully saturated rings. The maximum atomic E-state index is 10.9. The highest BCUT2D eigenvalue weighted by molar-refractivity contribution is 9.10. The van der Waals surface area contributed by atoms with Gasteiger partial charge in [0.1, 0.15) is 0 Å². The fourth-order valence-electron chi connectivity index (χ4n) is 1.48. The minimum Gasteiger partial charge on any atom is -0.400 e. The van der Waals surface area contributed by atoms with E-state index in [-0.39, 0.29) is 5.91 Å². The predicted octanol–water partition coefficient (Wildman–Crippen LogP) is 3.91. The van der Waals surface area contributed by atoms with Gasteiger partial charge < -0.3 is 10.4 Å². The normalized spacial score (nSPS) is 8.44. The molecule has 0 aliphatic heterocycles. The molecule has 1 rings (SSSR count). The van der Waals surface area contributed by atoms with Gasteiger partial charge >= 0.3 is 0 Å². The van der Waals surface area contributed by atoms with Gasteiger partial charge in [-0.25, -0.2) is 0 Å². The summed E-state index contributed by atoms with van der Waals surface area (Å²) in [5.41, 5.74) is 3.28. The first-order chi connectivity index (χ1) is 8.56. The second-order valence-corrected chi connectivity index (χ2v) is 4.09. The van der Waals surface area contributed by atoms with Gasteiger partial charge in [-0.05, 0) is 36.6 Å². The van der Waals surface area contributed by atoms with Crippen LogP contribution in [0, 0.1) is 6.92 Å². The maximum absolute atomic E-state index is 10.9. The predicted molar refractivity (Wildman–Crippen MR) is 82.1 cm³/mol. The van der Waals surface area contributed by atoms with Crippen LogP contribution < -0.4 is 5.32 Å². The molecular weight excluding hydrogens is 294 g/mol. The number of aliphatic hydroxyl groups is 1. The van der Waals surface area contributed by atoms with E-state index in [0.29, 0.717) is 0 Å². The minimum absolute atomic E-state index is 0.0301. The Morgan fingerprint density at radius 1 is 1.33 bits per heavy atom. The standard InChI is InChI=1S/C11H14BrNO.C2H6.CH4O/c1-4-9-7(2)11(13-8(3)14)6-5-10(9)12;2*1-2/h5-6H,4H2,1-3H3,(H,13,14);1-2H3;2H,1H3. The van der Waals surface area contributed by atoms with Crippen molar-refractivity contribution in [1.82, 2.24) is 0 Å². The summed E-state index contributed by atoms with van der Waals surface area (Å²) in [4.78, 5) is 10.9. The molecule has 0 aliphatic rings. The molecule has 0 unspecified atom stereocenters. The van der Waals surface area contributed by atoms with Crippen molar-refractivity contribution in [3.8, 4) is 0 Å². The van der Waals surface area contributed by atoms with Crippen LogP contribution in [-0.4, -0.2) is 18.1 Å². The first-order valence-electron chi connectivity index (χ1n) is 6.06. The van der Waals surface area contributed by atoms with E-state index in [9.17, 15) is 4.79 Å². The van der Waals surface area contributed by atoms with E-state index in [1.165, 1.54) is 12.5 Å². The Morgan fingerprint density at radius 2 is 1.83 bits per heavy atom. The average molecular weight is 318 g/mol. The third-order valence-electron chi connectivity index (χ3n) is 2.21. The van der Waals surface area contributed by atoms with Crippen molar-refractivity contribution in [3.05, 3.63) is 27.7 Å². The van der Waals surface area contributed by atoms with Gasteiger partial charge in [-0.1, -0.05) is 36.7 Å². The summed E-state index contributed by atoms with van der Waals surface area (Å²) < 4.78 is 1.10. The molecule has 18 heavy (non-hydrogen) atoms. The number of rotatable bonds is 2. The quantitative estimate of drug-likeness (QED) is 0.868. The van der Waals surface area contributed by atoms with Crippen molar-refractivity contribution in [1.29, 1.82) is 0 Å². The van der Waals surface area contributed by atoms with Crippen molar-refractivity contribution in [2.75, 3.05) is 12.4 Å². The Balaban J connectivity index is 0. The number of carbonyl (C=O) groups is 1. The summed E-state index contributed by atoms with van der Waals surface area (Å²) in [6.45, 7) is 9.65. The molecule has 1 aromatic carbocycles. The number of aliphatic hydroxyl groups excluding tert-OH is 1. The Morgan fingerprint density at radius 3 is 2.22 bits per heavy atom. The average Bonchev–Trinajstić information content (AvgIpc) is 2.38. The molecule has 104 valence electrons. The van der Waals surface area contributed by atoms with Gasteiger partial charge in [0.2, 0.25) is 5.91 Å². The summed E-state index contributed by atoms with van der Waals surface area (Å²) >= 11 is 3.49. The van der Waals surface area contributed by atoms with E-state index in [1.807, 2.05) is 32.9 Å². The Labute approximate surface area is 119 Å². The molecule has 0 aromatic heterocycles. The SMILES string of the molecule is CC.CCc1c(Br)ccc(NC(C)=O)c1C.CO. The van der Waals surface area contributed by atoms with Crippen LogP contribution in [0.4, 0.5) is 5.69 Å². The minimum atomic E-state index is -0.0301. The fraction of sp³-hybridized carbons (Fsp3) is 0.500. The highest BCUT2D eigenvalue weighted by Gasteiger charge is 2.07. The Bertz CT molecular complexity index is 365. The molecule has 2 N–H and O–H groups in total. The van der Waals surface area contributed by atoms with E-state index in [1.54, 1.807) is 0 Å². The number of halogens is 1. The lowest BCUT2D eigenvalue weighted by atomic mass is 10.0. The van der Waals surface area contributed by atoms with E-state index in [2.05, 4.69) is 28.2 Å². The summed E-state index contributed by atoms with van der Waals surface area (Å²) in [5.74, 6) is -0.0301. The molecular formula is C14H24BrNO2. The van der Waals surface area contributed by atoms with E-state index < -0.39 is 0 Å². The summed E-state index contributed by atoms with van der Waals surface area (Å²) in [5, 5.41) is 9.82. The Kier molecular flexibility index (Phi) is 12.2. The molecule has 1 amide bonds. The molecule has 0 atom stereocenters. The number of benzene rings is 1. The fourth-order valence-corrected chi connectivity index (χ4v) is 2.19. The first-order valence-corrected chi connectivity index (χ1v) is 6.85. The third kappa shape index (κ3) is 6.17. The third-order valence-corrected chi connectivity index (χ3v) is 2.95. The van der Waals surface area contributed by atoms with Crippen molar-refractivity contribution in [2.24, 2.45) is 0 Å². The first kappa shape index (κ1) is 19.5. The number of anilines is 1. The van der Waals surface area contributed by atoms with Crippen LogP contribution in [-0.2, 0) is 11.2 Å². The van der Waals surface area contributed by atoms with E-state index >= 15 is 0 Å². The topological polar surface area (TPSA) is 49.3 Å². The maximum Gasteiger partial charge on any atom is 0.221 e. The second-order valence-electron chi connectivity index (χ2n) is 3.23. The molecule has 0 radical (unpaired) electrons. The number of nitrogens with one attached hydrogen (secondary N) is 1. The van der Waals surface area contributed by atoms with Gasteiger partial charge in [0.15, 0.2) is 0 Å². The van der Waals surface area contributed by atoms with Gasteiger partial charge in [0.05, 0.1) is 0 Å². The van der Waals surface area contributed by atoms with Crippen LogP contribution in [0.15, 0.2) is 16.6 Å². The molecule has 0 bridgehead atoms. The van der Waals surface area contributed by atoms with E-state index in [4.69, 9.17) is 5.11 Å². The van der Waals surface area contributed by atoms with Crippen LogP contribution >= 0.6 is 15.9 Å². The van der Waals surface area contributed by atoms with Gasteiger partial charge in [-0.3, -0.25) is 4.79 Å². The van der Waals surface area contributed by atoms with Crippen molar-refractivity contribution in [3.63, 3.8) is 0 Å². The highest BCUT2D eigenvalue weighted by atomic mass is 79.9. The second kappa shape index (κ2) is 11.2. The Hall–Kier alpha value is -0.870. The molecule has 0 spiro atoms. The molecule has 1 aromatic rings. The monoisotopic (exact) mass is 317 g/mol. The number of hydrogen-bond donors (Lipinski definition) is 2. The van der Waals surface area contributed by atoms with Gasteiger partial charge in [-0.2, -0.15) is 0 Å². The molecule has 0 saturated carbocycles. The van der Waals surface area contributed by atoms with Crippen molar-refractivity contribution >= 4 is 27.5 Å². The van der Waals surface area contributed by atoms with Crippen molar-refractivity contribution < 1.29 is 9.90 Å². The van der Waals surface area contributed by atoms with Crippen LogP contribution in [0.25, 0.3) is 0 Å². The molecule has 4 heteroatoms. The zero-order valence-corrected chi connectivity index (χ0v) is 13.7. The summed E-state index contributed by atoms with van der Waals surface area (Å²) in [6.07, 6.45) is 0.958. The molecule has 0 heterocycles. The van der Waals surface area contributed by atoms with Gasteiger partial charge in [0, 0.05) is 24.2 Å². The zero-order valence-electron chi connectivity index (χ0n) is 12.1. The summed E-state index contributed by atoms with van der Waals surface area (Å²) in [7, 11) is 1.00. The number of carbonyl (C=O) groups excluding carboxylic acids is 1. The lowest BCUT2D eigenvalue weighted by molar-refractivity contribution is -0.114. The largest absolute Gasteiger partial charge is 0.400 e. The molecule has 0 saturated heterocycles. The van der Waals surface area contributed by atoms with Gasteiger partial charge in [0.25, 0.3) is 0 Å². The zero-order chi connectivity index (χ0) is 14.7. The highest BCUT2D eigenvalue weighted by Crippen LogP contribution is 2.27. The van der Waals surface area contributed by atoms with E-state index in [0.717, 1.165) is 29.3 Å². The lowest BCUT2D eigenvalue weighted by Crippen LogP contribution is -2.08. The van der Waals surface area contributed by atoms with Crippen LogP contribution in [0.3, 0.4) is 0 Å².